The van der Waals surface area contributed by atoms with E-state index in [1.165, 1.54) is 7.11 Å². The van der Waals surface area contributed by atoms with Crippen LogP contribution in [-0.2, 0) is 9.53 Å². The lowest BCUT2D eigenvalue weighted by Gasteiger charge is -2.06. The summed E-state index contributed by atoms with van der Waals surface area (Å²) < 4.78 is 4.70. The van der Waals surface area contributed by atoms with Gasteiger partial charge in [0.15, 0.2) is 5.78 Å². The molecule has 64 valence electrons. The van der Waals surface area contributed by atoms with Crippen molar-refractivity contribution < 1.29 is 9.53 Å². The Morgan fingerprint density at radius 3 is 2.45 bits per heavy atom. The SMILES string of the molecule is COCC(=O)/C(C)=C/N(C)C. The van der Waals surface area contributed by atoms with Crippen LogP contribution in [0.15, 0.2) is 11.8 Å². The minimum atomic E-state index is 0.0289. The van der Waals surface area contributed by atoms with Crippen LogP contribution in [0.1, 0.15) is 6.92 Å². The molecule has 0 spiro atoms. The molecule has 11 heavy (non-hydrogen) atoms. The third-order valence-corrected chi connectivity index (χ3v) is 1.17. The van der Waals surface area contributed by atoms with Crippen LogP contribution >= 0.6 is 0 Å². The number of hydrogen-bond donors (Lipinski definition) is 0. The van der Waals surface area contributed by atoms with Crippen molar-refractivity contribution >= 4 is 5.78 Å². The third-order valence-electron chi connectivity index (χ3n) is 1.17. The van der Waals surface area contributed by atoms with Crippen molar-refractivity contribution in [3.05, 3.63) is 11.8 Å². The molecule has 0 N–H and O–H groups in total. The van der Waals surface area contributed by atoms with Gasteiger partial charge in [0.05, 0.1) is 0 Å². The van der Waals surface area contributed by atoms with Crippen molar-refractivity contribution in [3.63, 3.8) is 0 Å². The Kier molecular flexibility index (Phi) is 4.54. The molecule has 0 unspecified atom stereocenters. The van der Waals surface area contributed by atoms with Gasteiger partial charge in [0, 0.05) is 33.0 Å². The molecule has 0 aliphatic heterocycles. The molecule has 0 heterocycles. The van der Waals surface area contributed by atoms with E-state index in [1.54, 1.807) is 13.1 Å². The van der Waals surface area contributed by atoms with Crippen LogP contribution in [0, 0.1) is 0 Å². The first-order chi connectivity index (χ1) is 5.07. The van der Waals surface area contributed by atoms with E-state index in [9.17, 15) is 4.79 Å². The molecule has 0 amide bonds. The second-order valence-electron chi connectivity index (χ2n) is 2.63. The second-order valence-corrected chi connectivity index (χ2v) is 2.63. The van der Waals surface area contributed by atoms with E-state index in [0.29, 0.717) is 0 Å². The Hall–Kier alpha value is -0.830. The van der Waals surface area contributed by atoms with Gasteiger partial charge in [-0.2, -0.15) is 0 Å². The number of ether oxygens (including phenoxy) is 1. The Balaban J connectivity index is 4.01. The van der Waals surface area contributed by atoms with Gasteiger partial charge in [0.2, 0.25) is 0 Å². The molecule has 0 saturated carbocycles. The highest BCUT2D eigenvalue weighted by molar-refractivity contribution is 5.95. The molecule has 0 fully saturated rings. The average Bonchev–Trinajstić information content (AvgIpc) is 1.86. The van der Waals surface area contributed by atoms with E-state index < -0.39 is 0 Å². The van der Waals surface area contributed by atoms with E-state index in [4.69, 9.17) is 4.74 Å². The van der Waals surface area contributed by atoms with Gasteiger partial charge in [-0.25, -0.2) is 0 Å². The van der Waals surface area contributed by atoms with Crippen LogP contribution in [0.3, 0.4) is 0 Å². The fourth-order valence-corrected chi connectivity index (χ4v) is 0.704. The van der Waals surface area contributed by atoms with Gasteiger partial charge in [-0.1, -0.05) is 0 Å². The van der Waals surface area contributed by atoms with Crippen molar-refractivity contribution in [3.8, 4) is 0 Å². The Labute approximate surface area is 67.6 Å². The molecule has 3 heteroatoms. The maximum atomic E-state index is 11.1. The lowest BCUT2D eigenvalue weighted by atomic mass is 10.2. The molecule has 3 nitrogen and oxygen atoms in total. The number of hydrogen-bond acceptors (Lipinski definition) is 3. The standard InChI is InChI=1S/C8H15NO2/c1-7(5-9(2)3)8(10)6-11-4/h5H,6H2,1-4H3/b7-5+. The molecule has 0 rings (SSSR count). The molecule has 0 aromatic heterocycles. The zero-order chi connectivity index (χ0) is 8.85. The Morgan fingerprint density at radius 1 is 1.55 bits per heavy atom. The fraction of sp³-hybridized carbons (Fsp3) is 0.625. The first kappa shape index (κ1) is 10.2. The molecule has 0 saturated heterocycles. The van der Waals surface area contributed by atoms with Crippen molar-refractivity contribution in [2.24, 2.45) is 0 Å². The topological polar surface area (TPSA) is 29.5 Å². The van der Waals surface area contributed by atoms with Gasteiger partial charge < -0.3 is 9.64 Å². The number of carbonyl (C=O) groups is 1. The molecule has 0 aromatic rings. The Bertz CT molecular complexity index is 161. The minimum absolute atomic E-state index is 0.0289. The summed E-state index contributed by atoms with van der Waals surface area (Å²) in [6, 6.07) is 0. The van der Waals surface area contributed by atoms with Gasteiger partial charge in [-0.3, -0.25) is 4.79 Å². The lowest BCUT2D eigenvalue weighted by Crippen LogP contribution is -2.11. The summed E-state index contributed by atoms with van der Waals surface area (Å²) in [5.41, 5.74) is 0.719. The molecular formula is C8H15NO2. The van der Waals surface area contributed by atoms with Gasteiger partial charge >= 0.3 is 0 Å². The van der Waals surface area contributed by atoms with E-state index in [2.05, 4.69) is 0 Å². The summed E-state index contributed by atoms with van der Waals surface area (Å²) in [5.74, 6) is 0.0289. The van der Waals surface area contributed by atoms with Gasteiger partial charge in [0.25, 0.3) is 0 Å². The van der Waals surface area contributed by atoms with Gasteiger partial charge in [-0.05, 0) is 6.92 Å². The zero-order valence-electron chi connectivity index (χ0n) is 7.55. The van der Waals surface area contributed by atoms with E-state index >= 15 is 0 Å². The molecule has 0 aliphatic carbocycles. The van der Waals surface area contributed by atoms with Crippen LogP contribution < -0.4 is 0 Å². The normalized spacial score (nSPS) is 11.5. The molecule has 0 aliphatic rings. The predicted molar refractivity (Wildman–Crippen MR) is 44.3 cm³/mol. The Morgan fingerprint density at radius 2 is 2.09 bits per heavy atom. The highest BCUT2D eigenvalue weighted by Gasteiger charge is 2.02. The number of carbonyl (C=O) groups excluding carboxylic acids is 1. The van der Waals surface area contributed by atoms with E-state index in [0.717, 1.165) is 5.57 Å². The van der Waals surface area contributed by atoms with Crippen molar-refractivity contribution in [2.45, 2.75) is 6.92 Å². The van der Waals surface area contributed by atoms with Gasteiger partial charge in [0.1, 0.15) is 6.61 Å². The highest BCUT2D eigenvalue weighted by atomic mass is 16.5. The van der Waals surface area contributed by atoms with Crippen molar-refractivity contribution in [2.75, 3.05) is 27.8 Å². The molecule has 0 atom stereocenters. The van der Waals surface area contributed by atoms with Crippen LogP contribution in [0.4, 0.5) is 0 Å². The fourth-order valence-electron chi connectivity index (χ4n) is 0.704. The van der Waals surface area contributed by atoms with E-state index in [1.807, 2.05) is 19.0 Å². The third kappa shape index (κ3) is 4.56. The summed E-state index contributed by atoms with van der Waals surface area (Å²) in [6.45, 7) is 1.94. The van der Waals surface area contributed by atoms with Gasteiger partial charge in [-0.15, -0.1) is 0 Å². The largest absolute Gasteiger partial charge is 0.383 e. The summed E-state index contributed by atoms with van der Waals surface area (Å²) >= 11 is 0. The smallest absolute Gasteiger partial charge is 0.185 e. The summed E-state index contributed by atoms with van der Waals surface area (Å²) in [7, 11) is 5.27. The van der Waals surface area contributed by atoms with Crippen LogP contribution in [0.25, 0.3) is 0 Å². The first-order valence-corrected chi connectivity index (χ1v) is 3.45. The molecule has 0 aromatic carbocycles. The zero-order valence-corrected chi connectivity index (χ0v) is 7.55. The quantitative estimate of drug-likeness (QED) is 0.562. The number of Topliss-reactive ketones (excluding diaryl/α,β-unsaturated/α-hetero) is 1. The van der Waals surface area contributed by atoms with Crippen molar-refractivity contribution in [1.29, 1.82) is 0 Å². The highest BCUT2D eigenvalue weighted by Crippen LogP contribution is 1.95. The second kappa shape index (κ2) is 4.91. The average molecular weight is 157 g/mol. The summed E-state index contributed by atoms with van der Waals surface area (Å²) in [4.78, 5) is 12.9. The van der Waals surface area contributed by atoms with Crippen LogP contribution in [0.2, 0.25) is 0 Å². The van der Waals surface area contributed by atoms with Crippen molar-refractivity contribution in [1.82, 2.24) is 4.90 Å². The molecule has 0 radical (unpaired) electrons. The predicted octanol–water partition coefficient (Wildman–Crippen LogP) is 0.667. The molecular weight excluding hydrogens is 142 g/mol. The van der Waals surface area contributed by atoms with E-state index in [-0.39, 0.29) is 12.4 Å². The number of nitrogens with zero attached hydrogens (tertiary/aromatic N) is 1. The maximum Gasteiger partial charge on any atom is 0.185 e. The number of rotatable bonds is 4. The monoisotopic (exact) mass is 157 g/mol. The first-order valence-electron chi connectivity index (χ1n) is 3.45. The summed E-state index contributed by atoms with van der Waals surface area (Å²) in [5, 5.41) is 0. The number of ketones is 1. The lowest BCUT2D eigenvalue weighted by molar-refractivity contribution is -0.119. The minimum Gasteiger partial charge on any atom is -0.383 e. The number of methoxy groups -OCH3 is 1. The summed E-state index contributed by atoms with van der Waals surface area (Å²) in [6.07, 6.45) is 1.78. The van der Waals surface area contributed by atoms with Crippen LogP contribution in [-0.4, -0.2) is 38.5 Å². The van der Waals surface area contributed by atoms with Crippen LogP contribution in [0.5, 0.6) is 0 Å². The maximum absolute atomic E-state index is 11.1. The molecule has 0 bridgehead atoms.